The summed E-state index contributed by atoms with van der Waals surface area (Å²) in [6, 6.07) is 7.17. The highest BCUT2D eigenvalue weighted by Gasteiger charge is 2.16. The van der Waals surface area contributed by atoms with Crippen LogP contribution in [0.15, 0.2) is 36.7 Å². The van der Waals surface area contributed by atoms with Gasteiger partial charge in [0.05, 0.1) is 16.7 Å². The van der Waals surface area contributed by atoms with Gasteiger partial charge in [0.25, 0.3) is 0 Å². The lowest BCUT2D eigenvalue weighted by molar-refractivity contribution is 0.426. The Morgan fingerprint density at radius 2 is 1.87 bits per heavy atom. The number of hydrogen-bond acceptors (Lipinski definition) is 4. The summed E-state index contributed by atoms with van der Waals surface area (Å²) in [5.74, 6) is 1.19. The molecule has 0 aliphatic carbocycles. The summed E-state index contributed by atoms with van der Waals surface area (Å²) in [6.45, 7) is 4.79. The van der Waals surface area contributed by atoms with Crippen molar-refractivity contribution in [2.45, 2.75) is 26.3 Å². The van der Waals surface area contributed by atoms with Gasteiger partial charge >= 0.3 is 7.12 Å². The fourth-order valence-electron chi connectivity index (χ4n) is 2.61. The van der Waals surface area contributed by atoms with Crippen LogP contribution in [0.25, 0.3) is 11.0 Å². The molecule has 7 heteroatoms. The second kappa shape index (κ2) is 6.32. The van der Waals surface area contributed by atoms with Crippen molar-refractivity contribution in [3.8, 4) is 0 Å². The molecule has 23 heavy (non-hydrogen) atoms. The Hall–Kier alpha value is -1.89. The van der Waals surface area contributed by atoms with Gasteiger partial charge in [0, 0.05) is 18.7 Å². The first kappa shape index (κ1) is 16.0. The van der Waals surface area contributed by atoms with E-state index in [4.69, 9.17) is 11.6 Å². The molecule has 0 fully saturated rings. The van der Waals surface area contributed by atoms with Crippen molar-refractivity contribution < 1.29 is 10.0 Å². The van der Waals surface area contributed by atoms with E-state index >= 15 is 0 Å². The van der Waals surface area contributed by atoms with Crippen LogP contribution in [0.3, 0.4) is 0 Å². The SMILES string of the molecule is CC(C)c1nc2c(Cl)cncc2n1Cc1ccc(B(O)O)cc1. The molecule has 0 radical (unpaired) electrons. The summed E-state index contributed by atoms with van der Waals surface area (Å²) in [7, 11) is -1.45. The molecule has 0 saturated carbocycles. The molecular weight excluding hydrogens is 312 g/mol. The van der Waals surface area contributed by atoms with E-state index in [-0.39, 0.29) is 5.92 Å². The fraction of sp³-hybridized carbons (Fsp3) is 0.250. The van der Waals surface area contributed by atoms with Gasteiger partial charge in [-0.05, 0) is 11.0 Å². The van der Waals surface area contributed by atoms with Crippen LogP contribution < -0.4 is 5.46 Å². The van der Waals surface area contributed by atoms with E-state index in [1.165, 1.54) is 0 Å². The van der Waals surface area contributed by atoms with E-state index in [9.17, 15) is 10.0 Å². The summed E-state index contributed by atoms with van der Waals surface area (Å²) in [5, 5.41) is 18.9. The van der Waals surface area contributed by atoms with Crippen LogP contribution in [0.5, 0.6) is 0 Å². The largest absolute Gasteiger partial charge is 0.488 e. The number of fused-ring (bicyclic) bond motifs is 1. The average Bonchev–Trinajstić information content (AvgIpc) is 2.88. The van der Waals surface area contributed by atoms with E-state index in [2.05, 4.69) is 28.4 Å². The summed E-state index contributed by atoms with van der Waals surface area (Å²) < 4.78 is 2.10. The molecule has 3 aromatic rings. The molecule has 3 rings (SSSR count). The molecule has 118 valence electrons. The minimum Gasteiger partial charge on any atom is -0.423 e. The van der Waals surface area contributed by atoms with Gasteiger partial charge in [0.1, 0.15) is 11.3 Å². The zero-order chi connectivity index (χ0) is 16.6. The van der Waals surface area contributed by atoms with E-state index in [1.807, 2.05) is 12.1 Å². The average molecular weight is 330 g/mol. The smallest absolute Gasteiger partial charge is 0.423 e. The lowest BCUT2D eigenvalue weighted by Gasteiger charge is -2.12. The Balaban J connectivity index is 2.04. The number of halogens is 1. The second-order valence-corrected chi connectivity index (χ2v) is 6.22. The van der Waals surface area contributed by atoms with Gasteiger partial charge in [-0.15, -0.1) is 0 Å². The first-order valence-electron chi connectivity index (χ1n) is 7.42. The van der Waals surface area contributed by atoms with Crippen LogP contribution in [0.1, 0.15) is 31.2 Å². The molecule has 2 heterocycles. The highest BCUT2D eigenvalue weighted by molar-refractivity contribution is 6.58. The maximum Gasteiger partial charge on any atom is 0.488 e. The fourth-order valence-corrected chi connectivity index (χ4v) is 2.80. The van der Waals surface area contributed by atoms with Gasteiger partial charge < -0.3 is 14.6 Å². The zero-order valence-corrected chi connectivity index (χ0v) is 13.7. The number of imidazole rings is 1. The summed E-state index contributed by atoms with van der Waals surface area (Å²) in [5.41, 5.74) is 3.16. The maximum absolute atomic E-state index is 9.18. The first-order chi connectivity index (χ1) is 11.0. The van der Waals surface area contributed by atoms with Crippen molar-refractivity contribution in [2.75, 3.05) is 0 Å². The Labute approximate surface area is 139 Å². The molecule has 0 atom stereocenters. The Kier molecular flexibility index (Phi) is 4.39. The Morgan fingerprint density at radius 3 is 2.48 bits per heavy atom. The standard InChI is InChI=1S/C16H17BClN3O2/c1-10(2)16-20-15-13(18)7-19-8-14(15)21(16)9-11-3-5-12(6-4-11)17(22)23/h3-8,10,22-23H,9H2,1-2H3. The molecule has 2 aromatic heterocycles. The number of pyridine rings is 1. The first-order valence-corrected chi connectivity index (χ1v) is 7.79. The monoisotopic (exact) mass is 329 g/mol. The van der Waals surface area contributed by atoms with Crippen LogP contribution in [0.4, 0.5) is 0 Å². The lowest BCUT2D eigenvalue weighted by Crippen LogP contribution is -2.29. The van der Waals surface area contributed by atoms with E-state index < -0.39 is 7.12 Å². The predicted octanol–water partition coefficient (Wildman–Crippen LogP) is 1.94. The third-order valence-electron chi connectivity index (χ3n) is 3.78. The predicted molar refractivity (Wildman–Crippen MR) is 92.0 cm³/mol. The normalized spacial score (nSPS) is 11.4. The minimum absolute atomic E-state index is 0.247. The molecule has 0 amide bonds. The van der Waals surface area contributed by atoms with Crippen LogP contribution in [0, 0.1) is 0 Å². The van der Waals surface area contributed by atoms with Crippen molar-refractivity contribution in [2.24, 2.45) is 0 Å². The molecule has 0 saturated heterocycles. The molecule has 5 nitrogen and oxygen atoms in total. The van der Waals surface area contributed by atoms with Crippen molar-refractivity contribution in [3.05, 3.63) is 53.1 Å². The van der Waals surface area contributed by atoms with Crippen LogP contribution in [-0.2, 0) is 6.54 Å². The Bertz CT molecular complexity index is 831. The van der Waals surface area contributed by atoms with Gasteiger partial charge in [-0.2, -0.15) is 0 Å². The van der Waals surface area contributed by atoms with Crippen molar-refractivity contribution in [3.63, 3.8) is 0 Å². The van der Waals surface area contributed by atoms with Gasteiger partial charge in [-0.1, -0.05) is 49.7 Å². The highest BCUT2D eigenvalue weighted by atomic mass is 35.5. The molecule has 0 unspecified atom stereocenters. The number of nitrogens with zero attached hydrogens (tertiary/aromatic N) is 3. The maximum atomic E-state index is 9.18. The van der Waals surface area contributed by atoms with Crippen LogP contribution in [0.2, 0.25) is 5.02 Å². The van der Waals surface area contributed by atoms with E-state index in [0.717, 1.165) is 22.4 Å². The van der Waals surface area contributed by atoms with Crippen molar-refractivity contribution in [1.82, 2.24) is 14.5 Å². The zero-order valence-electron chi connectivity index (χ0n) is 12.9. The molecule has 0 aliphatic rings. The minimum atomic E-state index is -1.45. The van der Waals surface area contributed by atoms with Gasteiger partial charge in [0.15, 0.2) is 0 Å². The molecule has 1 aromatic carbocycles. The molecule has 0 bridgehead atoms. The van der Waals surface area contributed by atoms with E-state index in [1.54, 1.807) is 24.5 Å². The highest BCUT2D eigenvalue weighted by Crippen LogP contribution is 2.26. The van der Waals surface area contributed by atoms with Gasteiger partial charge in [-0.25, -0.2) is 4.98 Å². The van der Waals surface area contributed by atoms with Crippen molar-refractivity contribution in [1.29, 1.82) is 0 Å². The summed E-state index contributed by atoms with van der Waals surface area (Å²) >= 11 is 6.21. The third kappa shape index (κ3) is 3.10. The molecule has 0 aliphatic heterocycles. The summed E-state index contributed by atoms with van der Waals surface area (Å²) in [4.78, 5) is 8.83. The number of aromatic nitrogens is 3. The van der Waals surface area contributed by atoms with Crippen LogP contribution >= 0.6 is 11.6 Å². The van der Waals surface area contributed by atoms with Gasteiger partial charge in [-0.3, -0.25) is 4.98 Å². The lowest BCUT2D eigenvalue weighted by atomic mass is 9.80. The number of benzene rings is 1. The topological polar surface area (TPSA) is 71.2 Å². The second-order valence-electron chi connectivity index (χ2n) is 5.82. The quantitative estimate of drug-likeness (QED) is 0.718. The van der Waals surface area contributed by atoms with Crippen LogP contribution in [-0.4, -0.2) is 31.7 Å². The third-order valence-corrected chi connectivity index (χ3v) is 4.06. The summed E-state index contributed by atoms with van der Waals surface area (Å²) in [6.07, 6.45) is 3.37. The number of rotatable bonds is 4. The van der Waals surface area contributed by atoms with Crippen molar-refractivity contribution >= 4 is 35.2 Å². The molecule has 0 spiro atoms. The van der Waals surface area contributed by atoms with Gasteiger partial charge in [0.2, 0.25) is 0 Å². The Morgan fingerprint density at radius 1 is 1.17 bits per heavy atom. The number of hydrogen-bond donors (Lipinski definition) is 2. The van der Waals surface area contributed by atoms with E-state index in [0.29, 0.717) is 17.0 Å². The molecule has 2 N–H and O–H groups in total. The molecular formula is C16H17BClN3O2.